The zero-order valence-corrected chi connectivity index (χ0v) is 14.8. The van der Waals surface area contributed by atoms with Gasteiger partial charge in [-0.1, -0.05) is 30.3 Å². The molecule has 4 rings (SSSR count). The van der Waals surface area contributed by atoms with Crippen LogP contribution in [0.4, 0.5) is 0 Å². The van der Waals surface area contributed by atoms with E-state index in [1.807, 2.05) is 30.3 Å². The summed E-state index contributed by atoms with van der Waals surface area (Å²) in [6.45, 7) is 0.432. The molecule has 5 heteroatoms. The number of benzene rings is 1. The Morgan fingerprint density at radius 2 is 1.78 bits per heavy atom. The lowest BCUT2D eigenvalue weighted by Crippen LogP contribution is -2.43. The first-order valence-electron chi connectivity index (χ1n) is 8.51. The Labute approximate surface area is 146 Å². The van der Waals surface area contributed by atoms with Gasteiger partial charge in [-0.25, -0.2) is 5.48 Å². The third kappa shape index (κ3) is 3.03. The largest absolute Gasteiger partial charge is 0.272 e. The van der Waals surface area contributed by atoms with Gasteiger partial charge in [0, 0.05) is 17.4 Å². The summed E-state index contributed by atoms with van der Waals surface area (Å²) in [7, 11) is 0. The van der Waals surface area contributed by atoms with E-state index in [1.165, 1.54) is 24.3 Å². The van der Waals surface area contributed by atoms with E-state index in [9.17, 15) is 4.79 Å². The molecular formula is C18H23NO2S2. The van der Waals surface area contributed by atoms with Gasteiger partial charge < -0.3 is 0 Å². The zero-order valence-electron chi connectivity index (χ0n) is 13.2. The van der Waals surface area contributed by atoms with Crippen molar-refractivity contribution in [2.24, 2.45) is 17.8 Å². The van der Waals surface area contributed by atoms with E-state index < -0.39 is 0 Å². The first-order valence-corrected chi connectivity index (χ1v) is 10.5. The second-order valence-corrected chi connectivity index (χ2v) is 9.80. The number of hydrogen-bond donors (Lipinski definition) is 1. The molecular weight excluding hydrogens is 326 g/mol. The fraction of sp³-hybridized carbons (Fsp3) is 0.611. The Hall–Kier alpha value is -0.650. The highest BCUT2D eigenvalue weighted by Gasteiger charge is 2.57. The van der Waals surface area contributed by atoms with Gasteiger partial charge in [0.25, 0.3) is 0 Å². The van der Waals surface area contributed by atoms with E-state index in [0.717, 1.165) is 18.4 Å². The first kappa shape index (κ1) is 15.9. The summed E-state index contributed by atoms with van der Waals surface area (Å²) in [6, 6.07) is 9.96. The van der Waals surface area contributed by atoms with Crippen LogP contribution in [0.5, 0.6) is 0 Å². The smallest absolute Gasteiger partial charge is 0.246 e. The molecule has 3 fully saturated rings. The van der Waals surface area contributed by atoms with Crippen LogP contribution in [0.15, 0.2) is 30.3 Å². The third-order valence-corrected chi connectivity index (χ3v) is 9.52. The number of amides is 1. The van der Waals surface area contributed by atoms with Crippen LogP contribution in [-0.4, -0.2) is 21.5 Å². The Morgan fingerprint density at radius 3 is 2.43 bits per heavy atom. The van der Waals surface area contributed by atoms with Gasteiger partial charge in [0.05, 0.1) is 10.7 Å². The third-order valence-electron chi connectivity index (χ3n) is 5.50. The zero-order chi connectivity index (χ0) is 15.7. The number of nitrogens with one attached hydrogen (secondary N) is 1. The minimum atomic E-state index is 0.0840. The van der Waals surface area contributed by atoms with E-state index >= 15 is 0 Å². The van der Waals surface area contributed by atoms with E-state index in [-0.39, 0.29) is 11.8 Å². The van der Waals surface area contributed by atoms with Crippen LogP contribution < -0.4 is 5.48 Å². The van der Waals surface area contributed by atoms with Crippen LogP contribution in [0.2, 0.25) is 0 Å². The van der Waals surface area contributed by atoms with Crippen molar-refractivity contribution in [3.8, 4) is 0 Å². The Bertz CT molecular complexity index is 543. The van der Waals surface area contributed by atoms with Crippen LogP contribution >= 0.6 is 23.5 Å². The van der Waals surface area contributed by atoms with Crippen molar-refractivity contribution in [2.75, 3.05) is 11.5 Å². The molecule has 1 amide bonds. The summed E-state index contributed by atoms with van der Waals surface area (Å²) >= 11 is 4.35. The Morgan fingerprint density at radius 1 is 1.13 bits per heavy atom. The summed E-state index contributed by atoms with van der Waals surface area (Å²) < 4.78 is 0.446. The van der Waals surface area contributed by atoms with Crippen molar-refractivity contribution < 1.29 is 9.63 Å². The maximum absolute atomic E-state index is 12.5. The molecule has 2 saturated carbocycles. The molecule has 1 aromatic rings. The molecule has 2 atom stereocenters. The standard InChI is InChI=1S/C18H23NO2S2/c20-17(19-21-12-13-4-2-1-3-5-13)14-10-15-6-7-16(11-14)18(15)22-8-9-23-18/h1-5,14-16H,6-12H2,(H,19,20). The molecule has 1 aliphatic heterocycles. The Kier molecular flexibility index (Phi) is 4.61. The van der Waals surface area contributed by atoms with E-state index in [1.54, 1.807) is 0 Å². The quantitative estimate of drug-likeness (QED) is 0.838. The van der Waals surface area contributed by atoms with Gasteiger partial charge in [-0.2, -0.15) is 0 Å². The Balaban J connectivity index is 1.31. The topological polar surface area (TPSA) is 38.3 Å². The average Bonchev–Trinajstić information content (AvgIpc) is 3.11. The molecule has 0 aromatic heterocycles. The maximum Gasteiger partial charge on any atom is 0.246 e. The second-order valence-electron chi connectivity index (χ2n) is 6.80. The minimum absolute atomic E-state index is 0.0840. The summed E-state index contributed by atoms with van der Waals surface area (Å²) in [5, 5.41) is 0. The lowest BCUT2D eigenvalue weighted by molar-refractivity contribution is -0.140. The van der Waals surface area contributed by atoms with Crippen molar-refractivity contribution in [3.63, 3.8) is 0 Å². The summed E-state index contributed by atoms with van der Waals surface area (Å²) in [5.74, 6) is 4.22. The van der Waals surface area contributed by atoms with Crippen LogP contribution in [-0.2, 0) is 16.2 Å². The molecule has 3 aliphatic rings. The summed E-state index contributed by atoms with van der Waals surface area (Å²) in [6.07, 6.45) is 4.69. The van der Waals surface area contributed by atoms with Gasteiger partial charge in [-0.3, -0.25) is 9.63 Å². The highest BCUT2D eigenvalue weighted by Crippen LogP contribution is 2.65. The van der Waals surface area contributed by atoms with Crippen molar-refractivity contribution in [1.82, 2.24) is 5.48 Å². The molecule has 1 saturated heterocycles. The molecule has 1 spiro atoms. The van der Waals surface area contributed by atoms with Crippen molar-refractivity contribution in [2.45, 2.75) is 36.4 Å². The van der Waals surface area contributed by atoms with Gasteiger partial charge in [0.15, 0.2) is 0 Å². The van der Waals surface area contributed by atoms with Crippen LogP contribution in [0.25, 0.3) is 0 Å². The lowest BCUT2D eigenvalue weighted by atomic mass is 9.79. The molecule has 1 N–H and O–H groups in total. The number of hydrogen-bond acceptors (Lipinski definition) is 4. The average molecular weight is 350 g/mol. The van der Waals surface area contributed by atoms with Crippen LogP contribution in [0.3, 0.4) is 0 Å². The highest BCUT2D eigenvalue weighted by molar-refractivity contribution is 8.21. The number of rotatable bonds is 4. The SMILES string of the molecule is O=C(NOCc1ccccc1)C1CC2CCC(C1)C21SCCS1. The molecule has 2 aliphatic carbocycles. The number of carbonyl (C=O) groups is 1. The normalized spacial score (nSPS) is 31.4. The number of carbonyl (C=O) groups excluding carboxylic acids is 1. The molecule has 3 nitrogen and oxygen atoms in total. The van der Waals surface area contributed by atoms with E-state index in [2.05, 4.69) is 29.0 Å². The van der Waals surface area contributed by atoms with Crippen LogP contribution in [0.1, 0.15) is 31.2 Å². The van der Waals surface area contributed by atoms with Gasteiger partial charge in [0.1, 0.15) is 0 Å². The number of hydroxylamine groups is 1. The van der Waals surface area contributed by atoms with Crippen molar-refractivity contribution in [1.29, 1.82) is 0 Å². The van der Waals surface area contributed by atoms with Gasteiger partial charge >= 0.3 is 0 Å². The van der Waals surface area contributed by atoms with Gasteiger partial charge in [-0.15, -0.1) is 23.5 Å². The molecule has 1 heterocycles. The summed E-state index contributed by atoms with van der Waals surface area (Å²) in [5.41, 5.74) is 3.77. The molecule has 1 aromatic carbocycles. The molecule has 2 bridgehead atoms. The lowest BCUT2D eigenvalue weighted by Gasteiger charge is -2.42. The fourth-order valence-electron chi connectivity index (χ4n) is 4.46. The van der Waals surface area contributed by atoms with Crippen LogP contribution in [0, 0.1) is 17.8 Å². The van der Waals surface area contributed by atoms with E-state index in [4.69, 9.17) is 4.84 Å². The van der Waals surface area contributed by atoms with Gasteiger partial charge in [-0.05, 0) is 43.1 Å². The fourth-order valence-corrected chi connectivity index (χ4v) is 8.40. The molecule has 23 heavy (non-hydrogen) atoms. The predicted octanol–water partition coefficient (Wildman–Crippen LogP) is 3.85. The van der Waals surface area contributed by atoms with Crippen molar-refractivity contribution >= 4 is 29.4 Å². The first-order chi connectivity index (χ1) is 11.3. The number of thioether (sulfide) groups is 2. The molecule has 124 valence electrons. The molecule has 0 radical (unpaired) electrons. The van der Waals surface area contributed by atoms with E-state index in [0.29, 0.717) is 22.5 Å². The second kappa shape index (κ2) is 6.69. The molecule has 2 unspecified atom stereocenters. The summed E-state index contributed by atoms with van der Waals surface area (Å²) in [4.78, 5) is 17.9. The van der Waals surface area contributed by atoms with Gasteiger partial charge in [0.2, 0.25) is 5.91 Å². The maximum atomic E-state index is 12.5. The monoisotopic (exact) mass is 349 g/mol. The highest BCUT2D eigenvalue weighted by atomic mass is 32.2. The minimum Gasteiger partial charge on any atom is -0.272 e. The predicted molar refractivity (Wildman–Crippen MR) is 96.0 cm³/mol. The van der Waals surface area contributed by atoms with Crippen molar-refractivity contribution in [3.05, 3.63) is 35.9 Å².